The van der Waals surface area contributed by atoms with Gasteiger partial charge < -0.3 is 17.0 Å². The Kier molecular flexibility index (Phi) is 44.0. The molecule has 0 aliphatic heterocycles. The molecule has 0 saturated heterocycles. The van der Waals surface area contributed by atoms with Crippen LogP contribution in [0.25, 0.3) is 0 Å². The van der Waals surface area contributed by atoms with Crippen LogP contribution in [-0.4, -0.2) is 62.3 Å². The number of unbranched alkanes of at least 4 members (excludes halogenated alkanes) is 16. The average Bonchev–Trinajstić information content (AvgIpc) is 3.15. The van der Waals surface area contributed by atoms with Crippen LogP contribution in [0, 0.1) is 0 Å². The summed E-state index contributed by atoms with van der Waals surface area (Å²) in [7, 11) is -5.46. The van der Waals surface area contributed by atoms with Crippen LogP contribution in [0.5, 0.6) is 0 Å². The Labute approximate surface area is 342 Å². The predicted molar refractivity (Wildman–Crippen MR) is 243 cm³/mol. The van der Waals surface area contributed by atoms with Crippen LogP contribution in [0.2, 0.25) is 0 Å². The quantitative estimate of drug-likeness (QED) is 0.0403. The van der Waals surface area contributed by atoms with E-state index in [2.05, 4.69) is 55.4 Å². The van der Waals surface area contributed by atoms with Crippen LogP contribution in [0.3, 0.4) is 0 Å². The number of halogens is 1. The van der Waals surface area contributed by atoms with Gasteiger partial charge in [0.05, 0.1) is 54.2 Å². The van der Waals surface area contributed by atoms with Crippen molar-refractivity contribution in [2.75, 3.05) is 49.3 Å². The lowest BCUT2D eigenvalue weighted by atomic mass is 10.1. The third-order valence-corrected chi connectivity index (χ3v) is 21.9. The van der Waals surface area contributed by atoms with Gasteiger partial charge in [-0.15, -0.1) is 0 Å². The Balaban J connectivity index is -0.000000741. The Morgan fingerprint density at radius 1 is 0.377 bits per heavy atom. The molecule has 1 aromatic rings. The summed E-state index contributed by atoms with van der Waals surface area (Å²) in [5.74, 6) is 0. The molecule has 0 fully saturated rings. The van der Waals surface area contributed by atoms with E-state index in [1.165, 1.54) is 178 Å². The van der Waals surface area contributed by atoms with Crippen molar-refractivity contribution < 1.29 is 25.4 Å². The Hall–Kier alpha value is 0.280. The van der Waals surface area contributed by atoms with Gasteiger partial charge in [0.1, 0.15) is 10.1 Å². The normalized spacial score (nSPS) is 11.6. The Morgan fingerprint density at radius 2 is 0.604 bits per heavy atom. The van der Waals surface area contributed by atoms with Crippen molar-refractivity contribution in [3.63, 3.8) is 0 Å². The first-order chi connectivity index (χ1) is 25.1. The summed E-state index contributed by atoms with van der Waals surface area (Å²) in [6, 6.07) is 7.19. The molecule has 0 aliphatic carbocycles. The number of hydrogen-bond donors (Lipinski definition) is 0. The van der Waals surface area contributed by atoms with Crippen LogP contribution in [0.15, 0.2) is 35.2 Å². The van der Waals surface area contributed by atoms with Crippen molar-refractivity contribution in [2.45, 2.75) is 214 Å². The molecule has 3 nitrogen and oxygen atoms in total. The highest BCUT2D eigenvalue weighted by molar-refractivity contribution is 7.85. The van der Waals surface area contributed by atoms with E-state index in [9.17, 15) is 13.0 Å². The SMILES string of the molecule is CCCCCCCC[P+](CCCC)(CCCC)CCCC.CCCCCCCC[P+](CCCC)(CCCC)CCCC.O=S(=O)([O-])c1ccccc1.[Cl-]. The molecule has 0 atom stereocenters. The van der Waals surface area contributed by atoms with Crippen LogP contribution >= 0.6 is 14.5 Å². The first kappa shape index (κ1) is 57.6. The average molecular weight is 824 g/mol. The molecule has 0 bridgehead atoms. The molecule has 318 valence electrons. The monoisotopic (exact) mass is 823 g/mol. The van der Waals surface area contributed by atoms with Crippen molar-refractivity contribution in [1.82, 2.24) is 0 Å². The topological polar surface area (TPSA) is 57.2 Å². The lowest BCUT2D eigenvalue weighted by Gasteiger charge is -2.28. The van der Waals surface area contributed by atoms with Gasteiger partial charge in [0, 0.05) is 14.5 Å². The summed E-state index contributed by atoms with van der Waals surface area (Å²) in [6.45, 7) is 18.9. The summed E-state index contributed by atoms with van der Waals surface area (Å²) in [6.07, 6.45) is 47.9. The molecule has 0 aromatic heterocycles. The molecular formula is C46H93ClO3P2S. The molecular weight excluding hydrogens is 730 g/mol. The Bertz CT molecular complexity index is 873. The molecule has 0 heterocycles. The molecule has 0 radical (unpaired) electrons. The predicted octanol–water partition coefficient (Wildman–Crippen LogP) is 13.1. The van der Waals surface area contributed by atoms with E-state index >= 15 is 0 Å². The fourth-order valence-electron chi connectivity index (χ4n) is 7.35. The minimum Gasteiger partial charge on any atom is -1.00 e. The fraction of sp³-hybridized carbons (Fsp3) is 0.870. The summed E-state index contributed by atoms with van der Waals surface area (Å²) >= 11 is 0. The number of hydrogen-bond acceptors (Lipinski definition) is 3. The third-order valence-electron chi connectivity index (χ3n) is 10.9. The highest BCUT2D eigenvalue weighted by atomic mass is 35.5. The zero-order valence-electron chi connectivity index (χ0n) is 36.9. The standard InChI is InChI=1S/2C20H44P.C6H6O3S.ClH/c2*1-5-9-13-14-15-16-20-21(17-10-6-2,18-11-7-3)19-12-8-4;7-10(8,9)6-4-2-1-3-5-6;/h2*5-20H2,1-4H3;1-5H,(H,7,8,9);1H/q2*+1;;/p-2. The molecule has 0 spiro atoms. The van der Waals surface area contributed by atoms with E-state index in [0.717, 1.165) is 0 Å². The summed E-state index contributed by atoms with van der Waals surface area (Å²) in [5, 5.41) is 0. The number of benzene rings is 1. The number of rotatable bonds is 33. The maximum atomic E-state index is 10.3. The van der Waals surface area contributed by atoms with Crippen molar-refractivity contribution >= 4 is 24.6 Å². The minimum absolute atomic E-state index is 0. The van der Waals surface area contributed by atoms with Crippen molar-refractivity contribution in [3.8, 4) is 0 Å². The lowest BCUT2D eigenvalue weighted by molar-refractivity contribution is -0.0000160. The maximum absolute atomic E-state index is 10.3. The Morgan fingerprint density at radius 3 is 0.830 bits per heavy atom. The fourth-order valence-corrected chi connectivity index (χ4v) is 18.2. The van der Waals surface area contributed by atoms with E-state index in [1.807, 2.05) is 0 Å². The van der Waals surface area contributed by atoms with E-state index in [-0.39, 0.29) is 17.3 Å². The highest BCUT2D eigenvalue weighted by Gasteiger charge is 2.35. The molecule has 1 aromatic carbocycles. The van der Waals surface area contributed by atoms with E-state index < -0.39 is 24.6 Å². The summed E-state index contributed by atoms with van der Waals surface area (Å²) in [5.41, 5.74) is 0. The summed E-state index contributed by atoms with van der Waals surface area (Å²) in [4.78, 5) is -0.185. The first-order valence-corrected chi connectivity index (χ1v) is 29.3. The maximum Gasteiger partial charge on any atom is 0.124 e. The smallest absolute Gasteiger partial charge is 0.124 e. The first-order valence-electron chi connectivity index (χ1n) is 22.8. The zero-order valence-corrected chi connectivity index (χ0v) is 40.3. The molecule has 0 N–H and O–H groups in total. The van der Waals surface area contributed by atoms with Crippen molar-refractivity contribution in [2.24, 2.45) is 0 Å². The molecule has 7 heteroatoms. The lowest BCUT2D eigenvalue weighted by Crippen LogP contribution is -3.00. The van der Waals surface area contributed by atoms with Crippen LogP contribution in [0.4, 0.5) is 0 Å². The van der Waals surface area contributed by atoms with Gasteiger partial charge in [-0.05, 0) is 76.3 Å². The third kappa shape index (κ3) is 34.1. The van der Waals surface area contributed by atoms with Gasteiger partial charge in [0.15, 0.2) is 0 Å². The minimum atomic E-state index is -4.25. The van der Waals surface area contributed by atoms with E-state index in [1.54, 1.807) is 55.4 Å². The molecule has 0 saturated carbocycles. The highest BCUT2D eigenvalue weighted by Crippen LogP contribution is 2.62. The molecule has 0 unspecified atom stereocenters. The van der Waals surface area contributed by atoms with Gasteiger partial charge >= 0.3 is 0 Å². The van der Waals surface area contributed by atoms with Gasteiger partial charge in [0.25, 0.3) is 0 Å². The molecule has 53 heavy (non-hydrogen) atoms. The van der Waals surface area contributed by atoms with Gasteiger partial charge in [0.2, 0.25) is 0 Å². The van der Waals surface area contributed by atoms with E-state index in [0.29, 0.717) is 0 Å². The zero-order chi connectivity index (χ0) is 39.2. The second-order valence-corrected chi connectivity index (χ2v) is 26.2. The molecule has 1 rings (SSSR count). The van der Waals surface area contributed by atoms with Gasteiger partial charge in [-0.25, -0.2) is 8.42 Å². The van der Waals surface area contributed by atoms with Crippen LogP contribution in [0.1, 0.15) is 209 Å². The van der Waals surface area contributed by atoms with Crippen molar-refractivity contribution in [3.05, 3.63) is 30.3 Å². The van der Waals surface area contributed by atoms with Crippen LogP contribution in [-0.2, 0) is 10.1 Å². The molecule has 0 aliphatic rings. The van der Waals surface area contributed by atoms with Crippen molar-refractivity contribution in [1.29, 1.82) is 0 Å². The summed E-state index contributed by atoms with van der Waals surface area (Å²) < 4.78 is 30.8. The second kappa shape index (κ2) is 40.5. The molecule has 0 amide bonds. The second-order valence-electron chi connectivity index (χ2n) is 15.9. The van der Waals surface area contributed by atoms with Gasteiger partial charge in [-0.2, -0.15) is 0 Å². The van der Waals surface area contributed by atoms with Gasteiger partial charge in [-0.3, -0.25) is 0 Å². The largest absolute Gasteiger partial charge is 1.00 e. The van der Waals surface area contributed by atoms with Gasteiger partial charge in [-0.1, -0.05) is 163 Å². The van der Waals surface area contributed by atoms with Crippen LogP contribution < -0.4 is 12.4 Å². The van der Waals surface area contributed by atoms with E-state index in [4.69, 9.17) is 0 Å².